The van der Waals surface area contributed by atoms with Gasteiger partial charge in [0.1, 0.15) is 0 Å². The molecule has 1 saturated carbocycles. The minimum Gasteiger partial charge on any atom is -0.380 e. The quantitative estimate of drug-likeness (QED) is 0.835. The number of halogens is 1. The zero-order valence-corrected chi connectivity index (χ0v) is 15.8. The van der Waals surface area contributed by atoms with Gasteiger partial charge in [0.15, 0.2) is 9.84 Å². The van der Waals surface area contributed by atoms with Gasteiger partial charge in [0.25, 0.3) is 0 Å². The zero-order valence-electron chi connectivity index (χ0n) is 14.3. The standard InChI is InChI=1S/C19H22ClNO3S/c1-3-24-12-19(21)17(14-6-4-13(2)5-7-14)18(19)25(22,23)16-10-8-15(20)9-11-16/h4-11,17-18H,3,12,21H2,1-2H3/t17-,18+,19+/m1/s1. The van der Waals surface area contributed by atoms with Crippen molar-refractivity contribution in [3.05, 3.63) is 64.7 Å². The third-order valence-corrected chi connectivity index (χ3v) is 7.33. The van der Waals surface area contributed by atoms with Crippen LogP contribution >= 0.6 is 11.6 Å². The molecule has 0 spiro atoms. The Morgan fingerprint density at radius 3 is 2.28 bits per heavy atom. The van der Waals surface area contributed by atoms with Gasteiger partial charge in [-0.15, -0.1) is 0 Å². The molecular weight excluding hydrogens is 358 g/mol. The lowest BCUT2D eigenvalue weighted by molar-refractivity contribution is 0.125. The highest BCUT2D eigenvalue weighted by Crippen LogP contribution is 2.55. The fourth-order valence-electron chi connectivity index (χ4n) is 3.37. The Bertz CT molecular complexity index is 849. The van der Waals surface area contributed by atoms with Gasteiger partial charge in [-0.05, 0) is 43.7 Å². The van der Waals surface area contributed by atoms with Crippen molar-refractivity contribution in [2.45, 2.75) is 35.4 Å². The molecular formula is C19H22ClNO3S. The Morgan fingerprint density at radius 1 is 1.12 bits per heavy atom. The lowest BCUT2D eigenvalue weighted by Crippen LogP contribution is -2.36. The molecule has 0 bridgehead atoms. The molecule has 0 amide bonds. The van der Waals surface area contributed by atoms with Crippen molar-refractivity contribution in [1.82, 2.24) is 0 Å². The van der Waals surface area contributed by atoms with E-state index in [9.17, 15) is 8.42 Å². The predicted molar refractivity (Wildman–Crippen MR) is 99.8 cm³/mol. The second-order valence-electron chi connectivity index (χ2n) is 6.56. The van der Waals surface area contributed by atoms with Crippen LogP contribution in [0, 0.1) is 6.92 Å². The van der Waals surface area contributed by atoms with Crippen LogP contribution < -0.4 is 5.73 Å². The van der Waals surface area contributed by atoms with Gasteiger partial charge in [0.05, 0.1) is 22.3 Å². The second-order valence-corrected chi connectivity index (χ2v) is 9.06. The van der Waals surface area contributed by atoms with Gasteiger partial charge in [0, 0.05) is 17.5 Å². The molecule has 1 aliphatic rings. The first-order valence-electron chi connectivity index (χ1n) is 8.23. The van der Waals surface area contributed by atoms with Crippen LogP contribution in [0.5, 0.6) is 0 Å². The molecule has 3 atom stereocenters. The predicted octanol–water partition coefficient (Wildman–Crippen LogP) is 3.32. The van der Waals surface area contributed by atoms with Crippen molar-refractivity contribution < 1.29 is 13.2 Å². The lowest BCUT2D eigenvalue weighted by atomic mass is 10.1. The number of aryl methyl sites for hydroxylation is 1. The summed E-state index contributed by atoms with van der Waals surface area (Å²) in [4.78, 5) is 0.239. The number of sulfone groups is 1. The van der Waals surface area contributed by atoms with Crippen molar-refractivity contribution in [3.63, 3.8) is 0 Å². The molecule has 0 aromatic heterocycles. The average molecular weight is 380 g/mol. The fraction of sp³-hybridized carbons (Fsp3) is 0.368. The van der Waals surface area contributed by atoms with Crippen LogP contribution in [0.3, 0.4) is 0 Å². The maximum absolute atomic E-state index is 13.2. The highest BCUT2D eigenvalue weighted by Gasteiger charge is 2.69. The number of ether oxygens (including phenoxy) is 1. The molecule has 0 saturated heterocycles. The molecule has 0 unspecified atom stereocenters. The van der Waals surface area contributed by atoms with Gasteiger partial charge < -0.3 is 10.5 Å². The Morgan fingerprint density at radius 2 is 1.72 bits per heavy atom. The zero-order chi connectivity index (χ0) is 18.2. The summed E-state index contributed by atoms with van der Waals surface area (Å²) in [5.41, 5.74) is 7.63. The smallest absolute Gasteiger partial charge is 0.183 e. The van der Waals surface area contributed by atoms with E-state index in [2.05, 4.69) is 0 Å². The largest absolute Gasteiger partial charge is 0.380 e. The number of rotatable bonds is 6. The Labute approximate surface area is 153 Å². The minimum atomic E-state index is -3.59. The van der Waals surface area contributed by atoms with E-state index in [4.69, 9.17) is 22.1 Å². The van der Waals surface area contributed by atoms with E-state index in [0.29, 0.717) is 11.6 Å². The Hall–Kier alpha value is -1.40. The van der Waals surface area contributed by atoms with Crippen molar-refractivity contribution in [3.8, 4) is 0 Å². The molecule has 25 heavy (non-hydrogen) atoms. The molecule has 6 heteroatoms. The molecule has 3 rings (SSSR count). The molecule has 134 valence electrons. The SMILES string of the molecule is CCOC[C@]1(N)[C@H](c2ccc(C)cc2)[C@@H]1S(=O)(=O)c1ccc(Cl)cc1. The molecule has 0 radical (unpaired) electrons. The molecule has 4 nitrogen and oxygen atoms in total. The summed E-state index contributed by atoms with van der Waals surface area (Å²) in [6.07, 6.45) is 0. The summed E-state index contributed by atoms with van der Waals surface area (Å²) in [6, 6.07) is 14.1. The van der Waals surface area contributed by atoms with Gasteiger partial charge >= 0.3 is 0 Å². The summed E-state index contributed by atoms with van der Waals surface area (Å²) in [6.45, 7) is 4.57. The van der Waals surface area contributed by atoms with Gasteiger partial charge in [-0.25, -0.2) is 8.42 Å². The number of nitrogens with two attached hydrogens (primary N) is 1. The fourth-order valence-corrected chi connectivity index (χ4v) is 5.79. The first-order chi connectivity index (χ1) is 11.8. The van der Waals surface area contributed by atoms with Crippen LogP contribution in [0.4, 0.5) is 0 Å². The minimum absolute atomic E-state index is 0.208. The van der Waals surface area contributed by atoms with E-state index in [0.717, 1.165) is 11.1 Å². The van der Waals surface area contributed by atoms with Crippen LogP contribution in [0.15, 0.2) is 53.4 Å². The van der Waals surface area contributed by atoms with E-state index in [1.165, 1.54) is 12.1 Å². The topological polar surface area (TPSA) is 69.4 Å². The summed E-state index contributed by atoms with van der Waals surface area (Å²) >= 11 is 5.88. The normalized spacial score (nSPS) is 25.8. The van der Waals surface area contributed by atoms with E-state index in [1.54, 1.807) is 12.1 Å². The number of benzene rings is 2. The maximum Gasteiger partial charge on any atom is 0.183 e. The van der Waals surface area contributed by atoms with E-state index in [-0.39, 0.29) is 17.4 Å². The van der Waals surface area contributed by atoms with Crippen molar-refractivity contribution in [2.75, 3.05) is 13.2 Å². The number of hydrogen-bond acceptors (Lipinski definition) is 4. The summed E-state index contributed by atoms with van der Waals surface area (Å²) in [7, 11) is -3.59. The Balaban J connectivity index is 1.99. The van der Waals surface area contributed by atoms with Crippen LogP contribution in [0.25, 0.3) is 0 Å². The summed E-state index contributed by atoms with van der Waals surface area (Å²) in [5.74, 6) is -0.291. The van der Waals surface area contributed by atoms with Crippen molar-refractivity contribution in [1.29, 1.82) is 0 Å². The van der Waals surface area contributed by atoms with Crippen molar-refractivity contribution >= 4 is 21.4 Å². The van der Waals surface area contributed by atoms with Crippen LogP contribution in [0.1, 0.15) is 24.0 Å². The maximum atomic E-state index is 13.2. The molecule has 2 N–H and O–H groups in total. The highest BCUT2D eigenvalue weighted by atomic mass is 35.5. The van der Waals surface area contributed by atoms with Gasteiger partial charge in [-0.1, -0.05) is 41.4 Å². The van der Waals surface area contributed by atoms with E-state index in [1.807, 2.05) is 38.1 Å². The third-order valence-electron chi connectivity index (χ3n) is 4.77. The molecule has 2 aromatic carbocycles. The molecule has 1 fully saturated rings. The Kier molecular flexibility index (Phi) is 4.95. The third kappa shape index (κ3) is 3.34. The van der Waals surface area contributed by atoms with Crippen LogP contribution in [-0.2, 0) is 14.6 Å². The summed E-state index contributed by atoms with van der Waals surface area (Å²) < 4.78 is 31.8. The van der Waals surface area contributed by atoms with E-state index >= 15 is 0 Å². The lowest BCUT2D eigenvalue weighted by Gasteiger charge is -2.12. The van der Waals surface area contributed by atoms with E-state index < -0.39 is 20.6 Å². The monoisotopic (exact) mass is 379 g/mol. The molecule has 0 heterocycles. The molecule has 2 aromatic rings. The first-order valence-corrected chi connectivity index (χ1v) is 10.2. The molecule has 1 aliphatic carbocycles. The first kappa shape index (κ1) is 18.4. The summed E-state index contributed by atoms with van der Waals surface area (Å²) in [5, 5.41) is -0.214. The second kappa shape index (κ2) is 6.72. The van der Waals surface area contributed by atoms with Crippen LogP contribution in [0.2, 0.25) is 5.02 Å². The highest BCUT2D eigenvalue weighted by molar-refractivity contribution is 7.92. The number of hydrogen-bond donors (Lipinski definition) is 1. The van der Waals surface area contributed by atoms with Gasteiger partial charge in [-0.3, -0.25) is 0 Å². The van der Waals surface area contributed by atoms with Crippen LogP contribution in [-0.4, -0.2) is 32.4 Å². The average Bonchev–Trinajstić information content (AvgIpc) is 3.21. The van der Waals surface area contributed by atoms with Gasteiger partial charge in [-0.2, -0.15) is 0 Å². The van der Waals surface area contributed by atoms with Crippen molar-refractivity contribution in [2.24, 2.45) is 5.73 Å². The molecule has 0 aliphatic heterocycles. The van der Waals surface area contributed by atoms with Gasteiger partial charge in [0.2, 0.25) is 0 Å².